The lowest BCUT2D eigenvalue weighted by molar-refractivity contribution is -0.131. The van der Waals surface area contributed by atoms with Crippen LogP contribution in [0, 0.1) is 0 Å². The summed E-state index contributed by atoms with van der Waals surface area (Å²) in [7, 11) is 5.69. The third-order valence-corrected chi connectivity index (χ3v) is 4.13. The fourth-order valence-electron chi connectivity index (χ4n) is 2.39. The topological polar surface area (TPSA) is 55.9 Å². The van der Waals surface area contributed by atoms with Crippen molar-refractivity contribution in [2.24, 2.45) is 0 Å². The summed E-state index contributed by atoms with van der Waals surface area (Å²) in [6.45, 7) is 7.57. The van der Waals surface area contributed by atoms with Crippen LogP contribution in [-0.4, -0.2) is 85.4 Å². The van der Waals surface area contributed by atoms with Crippen LogP contribution in [0.1, 0.15) is 22.1 Å². The third-order valence-electron chi connectivity index (χ3n) is 4.13. The van der Waals surface area contributed by atoms with Crippen molar-refractivity contribution in [1.82, 2.24) is 20.0 Å². The second-order valence-corrected chi connectivity index (χ2v) is 6.41. The molecule has 2 amide bonds. The number of nitrogens with one attached hydrogen (secondary N) is 1. The van der Waals surface area contributed by atoms with Crippen molar-refractivity contribution in [3.05, 3.63) is 0 Å². The summed E-state index contributed by atoms with van der Waals surface area (Å²) >= 11 is 0. The summed E-state index contributed by atoms with van der Waals surface area (Å²) in [5, 5.41) is 3.03. The molecule has 2 atom stereocenters. The van der Waals surface area contributed by atoms with Gasteiger partial charge in [0.15, 0.2) is 0 Å². The molecule has 0 bridgehead atoms. The Labute approximate surface area is 123 Å². The maximum absolute atomic E-state index is 12.3. The first-order chi connectivity index (χ1) is 9.56. The normalized spacial score (nSPS) is 23.4. The Kier molecular flexibility index (Phi) is 4.99. The fourth-order valence-corrected chi connectivity index (χ4v) is 2.39. The minimum Gasteiger partial charge on any atom is -0.348 e. The number of likely N-dealkylation sites (N-methyl/N-ethyl adjacent to an activating group) is 2. The molecular formula is C14H28N4O2. The molecule has 0 aliphatic carbocycles. The molecule has 1 rings (SSSR count). The SMILES string of the molecule is [2H]C(=O)N1CCN(C)CC1C(C)(C)NC(=O)C(C)N(C)C. The second kappa shape index (κ2) is 6.54. The zero-order valence-electron chi connectivity index (χ0n) is 14.4. The van der Waals surface area contributed by atoms with E-state index >= 15 is 0 Å². The average molecular weight is 285 g/mol. The van der Waals surface area contributed by atoms with Crippen molar-refractivity contribution in [2.45, 2.75) is 38.4 Å². The van der Waals surface area contributed by atoms with E-state index in [0.29, 0.717) is 13.1 Å². The van der Waals surface area contributed by atoms with E-state index in [0.717, 1.165) is 6.54 Å². The van der Waals surface area contributed by atoms with Gasteiger partial charge < -0.3 is 15.1 Å². The number of carbonyl (C=O) groups is 2. The first-order valence-electron chi connectivity index (χ1n) is 7.50. The minimum absolute atomic E-state index is 0.0735. The van der Waals surface area contributed by atoms with E-state index in [9.17, 15) is 9.59 Å². The molecule has 0 aromatic rings. The number of hydrogen-bond donors (Lipinski definition) is 1. The Hall–Kier alpha value is -1.14. The third kappa shape index (κ3) is 3.93. The highest BCUT2D eigenvalue weighted by Gasteiger charge is 2.38. The van der Waals surface area contributed by atoms with E-state index in [1.807, 2.05) is 46.8 Å². The number of hydrogen-bond acceptors (Lipinski definition) is 4. The molecule has 1 heterocycles. The lowest BCUT2D eigenvalue weighted by Gasteiger charge is -2.46. The highest BCUT2D eigenvalue weighted by Crippen LogP contribution is 2.19. The van der Waals surface area contributed by atoms with Crippen LogP contribution < -0.4 is 5.32 Å². The van der Waals surface area contributed by atoms with Gasteiger partial charge in [0.1, 0.15) is 1.37 Å². The second-order valence-electron chi connectivity index (χ2n) is 6.41. The quantitative estimate of drug-likeness (QED) is 0.715. The lowest BCUT2D eigenvalue weighted by atomic mass is 9.91. The standard InChI is InChI=1S/C14H28N4O2/c1-11(16(4)5)13(20)15-14(2,3)12-9-17(6)7-8-18(12)10-19/h10-12H,7-9H2,1-6H3,(H,15,20)/i10D. The van der Waals surface area contributed by atoms with Gasteiger partial charge in [0.25, 0.3) is 0 Å². The van der Waals surface area contributed by atoms with Gasteiger partial charge in [-0.15, -0.1) is 0 Å². The zero-order valence-corrected chi connectivity index (χ0v) is 13.4. The maximum Gasteiger partial charge on any atom is 0.237 e. The first kappa shape index (κ1) is 15.3. The molecule has 116 valence electrons. The summed E-state index contributed by atoms with van der Waals surface area (Å²) in [4.78, 5) is 29.3. The van der Waals surface area contributed by atoms with Gasteiger partial charge in [0.2, 0.25) is 12.3 Å². The highest BCUT2D eigenvalue weighted by molar-refractivity contribution is 5.82. The molecule has 0 radical (unpaired) electrons. The smallest absolute Gasteiger partial charge is 0.237 e. The van der Waals surface area contributed by atoms with Crippen molar-refractivity contribution in [2.75, 3.05) is 40.8 Å². The van der Waals surface area contributed by atoms with Crippen molar-refractivity contribution in [3.8, 4) is 0 Å². The molecule has 20 heavy (non-hydrogen) atoms. The van der Waals surface area contributed by atoms with E-state index in [-0.39, 0.29) is 18.0 Å². The molecular weight excluding hydrogens is 256 g/mol. The van der Waals surface area contributed by atoms with Crippen LogP contribution in [0.15, 0.2) is 0 Å². The van der Waals surface area contributed by atoms with Crippen LogP contribution in [0.3, 0.4) is 0 Å². The van der Waals surface area contributed by atoms with Crippen LogP contribution in [0.4, 0.5) is 0 Å². The van der Waals surface area contributed by atoms with Crippen LogP contribution in [0.25, 0.3) is 0 Å². The summed E-state index contributed by atoms with van der Waals surface area (Å²) in [6, 6.07) is -0.453. The zero-order chi connectivity index (χ0) is 16.4. The Bertz CT molecular complexity index is 400. The van der Waals surface area contributed by atoms with Gasteiger partial charge in [0.05, 0.1) is 17.6 Å². The number of rotatable bonds is 4. The van der Waals surface area contributed by atoms with Crippen molar-refractivity contribution < 1.29 is 11.0 Å². The lowest BCUT2D eigenvalue weighted by Crippen LogP contribution is -2.66. The molecule has 0 spiro atoms. The number of amides is 2. The monoisotopic (exact) mass is 285 g/mol. The van der Waals surface area contributed by atoms with Crippen molar-refractivity contribution in [3.63, 3.8) is 0 Å². The Morgan fingerprint density at radius 1 is 1.50 bits per heavy atom. The van der Waals surface area contributed by atoms with Gasteiger partial charge in [-0.1, -0.05) is 0 Å². The number of nitrogens with zero attached hydrogens (tertiary/aromatic N) is 3. The molecule has 1 aliphatic rings. The van der Waals surface area contributed by atoms with Gasteiger partial charge in [-0.2, -0.15) is 0 Å². The Morgan fingerprint density at radius 2 is 2.10 bits per heavy atom. The molecule has 6 heteroatoms. The largest absolute Gasteiger partial charge is 0.348 e. The predicted octanol–water partition coefficient (Wildman–Crippen LogP) is -0.396. The molecule has 6 nitrogen and oxygen atoms in total. The van der Waals surface area contributed by atoms with E-state index in [4.69, 9.17) is 1.37 Å². The first-order valence-corrected chi connectivity index (χ1v) is 7.00. The van der Waals surface area contributed by atoms with Crippen LogP contribution in [0.2, 0.25) is 0 Å². The molecule has 0 aromatic heterocycles. The van der Waals surface area contributed by atoms with Gasteiger partial charge in [-0.3, -0.25) is 14.5 Å². The summed E-state index contributed by atoms with van der Waals surface area (Å²) in [5.74, 6) is -0.0735. The predicted molar refractivity (Wildman–Crippen MR) is 79.4 cm³/mol. The van der Waals surface area contributed by atoms with Crippen LogP contribution >= 0.6 is 0 Å². The fraction of sp³-hybridized carbons (Fsp3) is 0.857. The maximum atomic E-state index is 12.3. The van der Waals surface area contributed by atoms with Gasteiger partial charge in [-0.25, -0.2) is 0 Å². The van der Waals surface area contributed by atoms with E-state index in [1.165, 1.54) is 0 Å². The molecule has 1 N–H and O–H groups in total. The van der Waals surface area contributed by atoms with Gasteiger partial charge >= 0.3 is 0 Å². The van der Waals surface area contributed by atoms with Crippen LogP contribution in [0.5, 0.6) is 0 Å². The molecule has 1 saturated heterocycles. The molecule has 0 aromatic carbocycles. The molecule has 1 fully saturated rings. The highest BCUT2D eigenvalue weighted by atomic mass is 16.2. The molecule has 0 saturated carbocycles. The average Bonchev–Trinajstić information content (AvgIpc) is 2.36. The van der Waals surface area contributed by atoms with Gasteiger partial charge in [0, 0.05) is 19.6 Å². The van der Waals surface area contributed by atoms with Crippen LogP contribution in [-0.2, 0) is 9.59 Å². The Morgan fingerprint density at radius 3 is 2.60 bits per heavy atom. The minimum atomic E-state index is -0.684. The molecule has 1 aliphatic heterocycles. The van der Waals surface area contributed by atoms with Crippen molar-refractivity contribution >= 4 is 12.3 Å². The van der Waals surface area contributed by atoms with Gasteiger partial charge in [-0.05, 0) is 41.9 Å². The Balaban J connectivity index is 2.87. The summed E-state index contributed by atoms with van der Waals surface area (Å²) in [6.07, 6.45) is -0.684. The summed E-state index contributed by atoms with van der Waals surface area (Å²) in [5.41, 5.74) is -0.591. The number of piperazine rings is 1. The number of carbonyl (C=O) groups excluding carboxylic acids is 2. The van der Waals surface area contributed by atoms with E-state index in [1.54, 1.807) is 4.90 Å². The van der Waals surface area contributed by atoms with E-state index < -0.39 is 11.9 Å². The summed E-state index contributed by atoms with van der Waals surface area (Å²) < 4.78 is 7.43. The van der Waals surface area contributed by atoms with Crippen molar-refractivity contribution in [1.29, 1.82) is 0 Å². The van der Waals surface area contributed by atoms with E-state index in [2.05, 4.69) is 10.2 Å². The molecule has 2 unspecified atom stereocenters.